The van der Waals surface area contributed by atoms with Gasteiger partial charge in [-0.3, -0.25) is 4.90 Å². The van der Waals surface area contributed by atoms with E-state index < -0.39 is 22.4 Å². The first-order chi connectivity index (χ1) is 10.8. The van der Waals surface area contributed by atoms with E-state index in [1.165, 1.54) is 24.3 Å². The quantitative estimate of drug-likeness (QED) is 0.786. The van der Waals surface area contributed by atoms with Crippen LogP contribution >= 0.6 is 0 Å². The van der Waals surface area contributed by atoms with Crippen molar-refractivity contribution in [3.05, 3.63) is 30.3 Å². The zero-order chi connectivity index (χ0) is 16.7. The van der Waals surface area contributed by atoms with Gasteiger partial charge in [-0.15, -0.1) is 4.31 Å². The van der Waals surface area contributed by atoms with Crippen molar-refractivity contribution in [2.45, 2.75) is 49.0 Å². The molecule has 1 aromatic carbocycles. The Morgan fingerprint density at radius 2 is 1.74 bits per heavy atom. The Morgan fingerprint density at radius 3 is 2.30 bits per heavy atom. The van der Waals surface area contributed by atoms with Gasteiger partial charge in [0.05, 0.1) is 4.90 Å². The topological polar surface area (TPSA) is 40.6 Å². The van der Waals surface area contributed by atoms with Crippen LogP contribution in [0, 0.1) is 0 Å². The normalized spacial score (nSPS) is 24.1. The van der Waals surface area contributed by atoms with Gasteiger partial charge < -0.3 is 0 Å². The van der Waals surface area contributed by atoms with Crippen molar-refractivity contribution in [3.63, 3.8) is 0 Å². The van der Waals surface area contributed by atoms with Crippen LogP contribution in [0.15, 0.2) is 35.2 Å². The third-order valence-electron chi connectivity index (χ3n) is 4.37. The molecule has 23 heavy (non-hydrogen) atoms. The SMILES string of the molecule is O=S(=O)(c1ccccc1)N(C1CCCN(C2CC2)C1)C(F)(F)F. The third kappa shape index (κ3) is 3.54. The van der Waals surface area contributed by atoms with Crippen molar-refractivity contribution in [2.24, 2.45) is 0 Å². The maximum atomic E-state index is 13.6. The van der Waals surface area contributed by atoms with Crippen molar-refractivity contribution < 1.29 is 21.6 Å². The van der Waals surface area contributed by atoms with Crippen molar-refractivity contribution in [1.82, 2.24) is 9.21 Å². The average Bonchev–Trinajstić information content (AvgIpc) is 3.31. The molecule has 1 aliphatic heterocycles. The molecule has 128 valence electrons. The van der Waals surface area contributed by atoms with E-state index >= 15 is 0 Å². The summed E-state index contributed by atoms with van der Waals surface area (Å²) >= 11 is 0. The number of halogens is 3. The molecule has 2 aliphatic rings. The molecule has 1 saturated heterocycles. The molecule has 2 fully saturated rings. The number of rotatable bonds is 4. The van der Waals surface area contributed by atoms with E-state index in [0.29, 0.717) is 12.5 Å². The van der Waals surface area contributed by atoms with Gasteiger partial charge >= 0.3 is 6.30 Å². The zero-order valence-electron chi connectivity index (χ0n) is 12.5. The number of hydrogen-bond acceptors (Lipinski definition) is 3. The lowest BCUT2D eigenvalue weighted by molar-refractivity contribution is -0.225. The van der Waals surface area contributed by atoms with E-state index in [4.69, 9.17) is 0 Å². The second-order valence-electron chi connectivity index (χ2n) is 6.10. The van der Waals surface area contributed by atoms with Crippen LogP contribution in [0.5, 0.6) is 0 Å². The van der Waals surface area contributed by atoms with Crippen LogP contribution in [0.25, 0.3) is 0 Å². The van der Waals surface area contributed by atoms with E-state index in [0.717, 1.165) is 19.4 Å². The molecule has 0 radical (unpaired) electrons. The minimum absolute atomic E-state index is 0.149. The number of nitrogens with zero attached hydrogens (tertiary/aromatic N) is 2. The first-order valence-corrected chi connectivity index (χ1v) is 9.14. The predicted molar refractivity (Wildman–Crippen MR) is 79.1 cm³/mol. The predicted octanol–water partition coefficient (Wildman–Crippen LogP) is 2.82. The highest BCUT2D eigenvalue weighted by molar-refractivity contribution is 7.89. The fourth-order valence-electron chi connectivity index (χ4n) is 3.19. The monoisotopic (exact) mass is 348 g/mol. The fraction of sp³-hybridized carbons (Fsp3) is 0.600. The van der Waals surface area contributed by atoms with Gasteiger partial charge in [0.15, 0.2) is 0 Å². The van der Waals surface area contributed by atoms with E-state index in [9.17, 15) is 21.6 Å². The van der Waals surface area contributed by atoms with Crippen LogP contribution < -0.4 is 0 Å². The molecular formula is C15H19F3N2O2S. The van der Waals surface area contributed by atoms with Crippen LogP contribution in [0.4, 0.5) is 13.2 Å². The van der Waals surface area contributed by atoms with E-state index in [1.54, 1.807) is 6.07 Å². The molecule has 0 N–H and O–H groups in total. The lowest BCUT2D eigenvalue weighted by Gasteiger charge is -2.39. The summed E-state index contributed by atoms with van der Waals surface area (Å²) in [6.07, 6.45) is -2.13. The first-order valence-electron chi connectivity index (χ1n) is 7.70. The minimum atomic E-state index is -4.92. The Balaban J connectivity index is 1.92. The highest BCUT2D eigenvalue weighted by Crippen LogP contribution is 2.36. The third-order valence-corrected chi connectivity index (χ3v) is 6.26. The summed E-state index contributed by atoms with van der Waals surface area (Å²) in [4.78, 5) is 1.67. The van der Waals surface area contributed by atoms with Gasteiger partial charge in [-0.25, -0.2) is 8.42 Å². The van der Waals surface area contributed by atoms with Gasteiger partial charge in [0, 0.05) is 18.6 Å². The Bertz CT molecular complexity index is 644. The van der Waals surface area contributed by atoms with Gasteiger partial charge in [-0.2, -0.15) is 13.2 Å². The Morgan fingerprint density at radius 1 is 1.09 bits per heavy atom. The van der Waals surface area contributed by atoms with Crippen molar-refractivity contribution in [1.29, 1.82) is 0 Å². The highest BCUT2D eigenvalue weighted by Gasteiger charge is 2.51. The summed E-state index contributed by atoms with van der Waals surface area (Å²) in [6.45, 7) is 0.897. The molecule has 4 nitrogen and oxygen atoms in total. The molecule has 0 amide bonds. The Hall–Kier alpha value is -1.12. The standard InChI is InChI=1S/C15H19F3N2O2S/c16-15(17,18)20(23(21,22)14-6-2-1-3-7-14)13-5-4-10-19(11-13)12-8-9-12/h1-3,6-7,12-13H,4-5,8-11H2. The van der Waals surface area contributed by atoms with Gasteiger partial charge in [0.25, 0.3) is 0 Å². The van der Waals surface area contributed by atoms with Crippen LogP contribution in [0.3, 0.4) is 0 Å². The lowest BCUT2D eigenvalue weighted by Crippen LogP contribution is -2.55. The number of sulfonamides is 1. The number of benzene rings is 1. The molecule has 1 atom stereocenters. The molecule has 1 aliphatic carbocycles. The molecule has 8 heteroatoms. The number of likely N-dealkylation sites (tertiary alicyclic amines) is 1. The van der Waals surface area contributed by atoms with E-state index in [-0.39, 0.29) is 22.2 Å². The summed E-state index contributed by atoms with van der Waals surface area (Å²) in [5.41, 5.74) is 0. The van der Waals surface area contributed by atoms with E-state index in [2.05, 4.69) is 0 Å². The first kappa shape index (κ1) is 16.7. The second kappa shape index (κ2) is 6.07. The van der Waals surface area contributed by atoms with Crippen molar-refractivity contribution >= 4 is 10.0 Å². The van der Waals surface area contributed by atoms with Gasteiger partial charge in [-0.05, 0) is 44.4 Å². The molecule has 0 aromatic heterocycles. The molecule has 1 aromatic rings. The van der Waals surface area contributed by atoms with Crippen LogP contribution in [0.2, 0.25) is 0 Å². The Labute approximate surface area is 133 Å². The molecule has 0 spiro atoms. The second-order valence-corrected chi connectivity index (χ2v) is 7.92. The summed E-state index contributed by atoms with van der Waals surface area (Å²) < 4.78 is 65.6. The molecule has 3 rings (SSSR count). The average molecular weight is 348 g/mol. The summed E-state index contributed by atoms with van der Waals surface area (Å²) in [6, 6.07) is 6.11. The molecule has 0 bridgehead atoms. The zero-order valence-corrected chi connectivity index (χ0v) is 13.4. The molecule has 1 unspecified atom stereocenters. The van der Waals surface area contributed by atoms with Crippen LogP contribution in [0.1, 0.15) is 25.7 Å². The maximum Gasteiger partial charge on any atom is 0.473 e. The molecule has 1 saturated carbocycles. The van der Waals surface area contributed by atoms with Crippen molar-refractivity contribution in [2.75, 3.05) is 13.1 Å². The summed E-state index contributed by atoms with van der Waals surface area (Å²) in [7, 11) is -4.61. The van der Waals surface area contributed by atoms with Crippen LogP contribution in [-0.4, -0.2) is 49.1 Å². The van der Waals surface area contributed by atoms with Crippen LogP contribution in [-0.2, 0) is 10.0 Å². The number of alkyl halides is 3. The smallest absolute Gasteiger partial charge is 0.299 e. The van der Waals surface area contributed by atoms with Crippen molar-refractivity contribution in [3.8, 4) is 0 Å². The molecule has 1 heterocycles. The summed E-state index contributed by atoms with van der Waals surface area (Å²) in [5.74, 6) is 0. The Kier molecular flexibility index (Phi) is 4.41. The molecular weight excluding hydrogens is 329 g/mol. The maximum absolute atomic E-state index is 13.6. The van der Waals surface area contributed by atoms with Gasteiger partial charge in [0.1, 0.15) is 0 Å². The largest absolute Gasteiger partial charge is 0.473 e. The minimum Gasteiger partial charge on any atom is -0.299 e. The fourth-order valence-corrected chi connectivity index (χ4v) is 4.76. The number of hydrogen-bond donors (Lipinski definition) is 0. The van der Waals surface area contributed by atoms with Gasteiger partial charge in [-0.1, -0.05) is 18.2 Å². The van der Waals surface area contributed by atoms with E-state index in [1.807, 2.05) is 4.90 Å². The highest BCUT2D eigenvalue weighted by atomic mass is 32.2. The summed E-state index contributed by atoms with van der Waals surface area (Å²) in [5, 5.41) is 0. The lowest BCUT2D eigenvalue weighted by atomic mass is 10.1. The van der Waals surface area contributed by atoms with Gasteiger partial charge in [0.2, 0.25) is 10.0 Å². The number of piperidine rings is 1.